The fourth-order valence-electron chi connectivity index (χ4n) is 2.82. The van der Waals surface area contributed by atoms with Gasteiger partial charge in [-0.25, -0.2) is 4.68 Å². The number of carbonyl (C=O) groups is 2. The van der Waals surface area contributed by atoms with E-state index in [1.165, 1.54) is 4.68 Å². The van der Waals surface area contributed by atoms with Crippen LogP contribution in [0.3, 0.4) is 0 Å². The van der Waals surface area contributed by atoms with Gasteiger partial charge in [-0.05, 0) is 19.9 Å². The molecule has 0 radical (unpaired) electrons. The lowest BCUT2D eigenvalue weighted by Crippen LogP contribution is -2.40. The van der Waals surface area contributed by atoms with Crippen molar-refractivity contribution in [2.45, 2.75) is 32.7 Å². The predicted molar refractivity (Wildman–Crippen MR) is 86.5 cm³/mol. The third-order valence-electron chi connectivity index (χ3n) is 4.13. The Morgan fingerprint density at radius 2 is 1.70 bits per heavy atom. The Hall–Kier alpha value is -2.50. The van der Waals surface area contributed by atoms with Crippen molar-refractivity contribution >= 4 is 22.5 Å². The Labute approximate surface area is 133 Å². The lowest BCUT2D eigenvalue weighted by molar-refractivity contribution is -0.120. The summed E-state index contributed by atoms with van der Waals surface area (Å²) in [5.74, 6) is -0.0397. The maximum absolute atomic E-state index is 12.8. The summed E-state index contributed by atoms with van der Waals surface area (Å²) in [4.78, 5) is 38.4. The standard InChI is InChI=1S/C17H19N3O3/c1-11(2)20-16(22)14-6-4-3-5-13(14)15(18-20)17(23)19-9-7-12(21)8-10-19/h3-6,11H,7-10H2,1-2H3. The summed E-state index contributed by atoms with van der Waals surface area (Å²) in [6, 6.07) is 6.90. The van der Waals surface area contributed by atoms with Crippen LogP contribution in [-0.4, -0.2) is 39.5 Å². The number of amides is 1. The highest BCUT2D eigenvalue weighted by atomic mass is 16.2. The first-order valence-corrected chi connectivity index (χ1v) is 7.81. The molecule has 0 aliphatic carbocycles. The van der Waals surface area contributed by atoms with Crippen LogP contribution in [0.25, 0.3) is 10.8 Å². The third kappa shape index (κ3) is 2.76. The molecule has 1 amide bonds. The van der Waals surface area contributed by atoms with Crippen molar-refractivity contribution in [1.29, 1.82) is 0 Å². The van der Waals surface area contributed by atoms with Gasteiger partial charge in [0.25, 0.3) is 11.5 Å². The second-order valence-corrected chi connectivity index (χ2v) is 6.07. The molecule has 0 atom stereocenters. The molecule has 1 aliphatic heterocycles. The summed E-state index contributed by atoms with van der Waals surface area (Å²) < 4.78 is 1.35. The molecule has 6 heteroatoms. The number of Topliss-reactive ketones (excluding diaryl/α,β-unsaturated/α-hetero) is 1. The van der Waals surface area contributed by atoms with Gasteiger partial charge in [0.2, 0.25) is 0 Å². The number of carbonyl (C=O) groups excluding carboxylic acids is 2. The Morgan fingerprint density at radius 1 is 1.09 bits per heavy atom. The Bertz CT molecular complexity index is 829. The Balaban J connectivity index is 2.13. The molecule has 1 aromatic heterocycles. The van der Waals surface area contributed by atoms with E-state index in [0.29, 0.717) is 36.7 Å². The summed E-state index contributed by atoms with van der Waals surface area (Å²) in [6.45, 7) is 4.54. The molecule has 0 unspecified atom stereocenters. The van der Waals surface area contributed by atoms with Crippen molar-refractivity contribution in [3.63, 3.8) is 0 Å². The molecule has 23 heavy (non-hydrogen) atoms. The van der Waals surface area contributed by atoms with Gasteiger partial charge in [-0.2, -0.15) is 5.10 Å². The van der Waals surface area contributed by atoms with Crippen LogP contribution in [0.5, 0.6) is 0 Å². The molecule has 6 nitrogen and oxygen atoms in total. The van der Waals surface area contributed by atoms with Crippen LogP contribution >= 0.6 is 0 Å². The minimum absolute atomic E-state index is 0.137. The smallest absolute Gasteiger partial charge is 0.274 e. The average Bonchev–Trinajstić information content (AvgIpc) is 2.55. The van der Waals surface area contributed by atoms with Gasteiger partial charge >= 0.3 is 0 Å². The van der Waals surface area contributed by atoms with E-state index in [9.17, 15) is 14.4 Å². The van der Waals surface area contributed by atoms with Crippen molar-refractivity contribution in [2.75, 3.05) is 13.1 Å². The van der Waals surface area contributed by atoms with Gasteiger partial charge in [0.05, 0.1) is 11.4 Å². The van der Waals surface area contributed by atoms with Gasteiger partial charge in [0.1, 0.15) is 5.78 Å². The minimum Gasteiger partial charge on any atom is -0.336 e. The topological polar surface area (TPSA) is 72.3 Å². The molecular weight excluding hydrogens is 294 g/mol. The molecule has 2 aromatic rings. The van der Waals surface area contributed by atoms with Crippen LogP contribution in [0.4, 0.5) is 0 Å². The largest absolute Gasteiger partial charge is 0.336 e. The number of fused-ring (bicyclic) bond motifs is 1. The third-order valence-corrected chi connectivity index (χ3v) is 4.13. The van der Waals surface area contributed by atoms with Crippen LogP contribution in [-0.2, 0) is 4.79 Å². The number of rotatable bonds is 2. The summed E-state index contributed by atoms with van der Waals surface area (Å²) in [5, 5.41) is 5.38. The molecule has 1 aliphatic rings. The summed E-state index contributed by atoms with van der Waals surface area (Å²) in [5.41, 5.74) is 0.0872. The number of piperidine rings is 1. The maximum Gasteiger partial charge on any atom is 0.274 e. The quantitative estimate of drug-likeness (QED) is 0.847. The monoisotopic (exact) mass is 313 g/mol. The fourth-order valence-corrected chi connectivity index (χ4v) is 2.82. The van der Waals surface area contributed by atoms with Crippen LogP contribution < -0.4 is 5.56 Å². The Kier molecular flexibility index (Phi) is 3.98. The molecule has 120 valence electrons. The molecule has 1 saturated heterocycles. The number of aromatic nitrogens is 2. The van der Waals surface area contributed by atoms with Crippen LogP contribution in [0.1, 0.15) is 43.2 Å². The number of hydrogen-bond donors (Lipinski definition) is 0. The number of benzene rings is 1. The predicted octanol–water partition coefficient (Wildman–Crippen LogP) is 1.78. The van der Waals surface area contributed by atoms with E-state index in [1.54, 1.807) is 29.2 Å². The van der Waals surface area contributed by atoms with Crippen molar-refractivity contribution in [2.24, 2.45) is 0 Å². The van der Waals surface area contributed by atoms with E-state index in [4.69, 9.17) is 0 Å². The summed E-state index contributed by atoms with van der Waals surface area (Å²) in [7, 11) is 0. The first kappa shape index (κ1) is 15.4. The molecular formula is C17H19N3O3. The second-order valence-electron chi connectivity index (χ2n) is 6.07. The van der Waals surface area contributed by atoms with Gasteiger partial charge in [-0.3, -0.25) is 14.4 Å². The van der Waals surface area contributed by atoms with E-state index < -0.39 is 0 Å². The minimum atomic E-state index is -0.219. The molecule has 1 fully saturated rings. The van der Waals surface area contributed by atoms with Gasteiger partial charge < -0.3 is 4.90 Å². The van der Waals surface area contributed by atoms with Gasteiger partial charge in [-0.15, -0.1) is 0 Å². The Morgan fingerprint density at radius 3 is 2.30 bits per heavy atom. The van der Waals surface area contributed by atoms with E-state index in [0.717, 1.165) is 0 Å². The molecule has 2 heterocycles. The normalized spacial score (nSPS) is 15.4. The summed E-state index contributed by atoms with van der Waals surface area (Å²) >= 11 is 0. The lowest BCUT2D eigenvalue weighted by atomic mass is 10.1. The van der Waals surface area contributed by atoms with E-state index in [2.05, 4.69) is 5.10 Å². The van der Waals surface area contributed by atoms with Gasteiger partial charge in [-0.1, -0.05) is 18.2 Å². The first-order valence-electron chi connectivity index (χ1n) is 7.81. The number of hydrogen-bond acceptors (Lipinski definition) is 4. The SMILES string of the molecule is CC(C)n1nc(C(=O)N2CCC(=O)CC2)c2ccccc2c1=O. The van der Waals surface area contributed by atoms with E-state index in [1.807, 2.05) is 13.8 Å². The van der Waals surface area contributed by atoms with Crippen molar-refractivity contribution in [1.82, 2.24) is 14.7 Å². The van der Waals surface area contributed by atoms with Gasteiger partial charge in [0.15, 0.2) is 5.69 Å². The first-order chi connectivity index (χ1) is 11.0. The van der Waals surface area contributed by atoms with Crippen molar-refractivity contribution in [3.05, 3.63) is 40.3 Å². The van der Waals surface area contributed by atoms with Crippen molar-refractivity contribution < 1.29 is 9.59 Å². The van der Waals surface area contributed by atoms with E-state index in [-0.39, 0.29) is 29.0 Å². The maximum atomic E-state index is 12.8. The highest BCUT2D eigenvalue weighted by molar-refractivity contribution is 6.05. The average molecular weight is 313 g/mol. The highest BCUT2D eigenvalue weighted by Gasteiger charge is 2.25. The zero-order valence-corrected chi connectivity index (χ0v) is 13.3. The number of nitrogens with zero attached hydrogens (tertiary/aromatic N) is 3. The molecule has 0 spiro atoms. The summed E-state index contributed by atoms with van der Waals surface area (Å²) in [6.07, 6.45) is 0.765. The molecule has 0 bridgehead atoms. The fraction of sp³-hybridized carbons (Fsp3) is 0.412. The second kappa shape index (κ2) is 5.95. The molecule has 3 rings (SSSR count). The zero-order chi connectivity index (χ0) is 16.6. The number of likely N-dealkylation sites (tertiary alicyclic amines) is 1. The van der Waals surface area contributed by atoms with Crippen LogP contribution in [0.2, 0.25) is 0 Å². The lowest BCUT2D eigenvalue weighted by Gasteiger charge is -2.26. The highest BCUT2D eigenvalue weighted by Crippen LogP contribution is 2.18. The van der Waals surface area contributed by atoms with Crippen molar-refractivity contribution in [3.8, 4) is 0 Å². The zero-order valence-electron chi connectivity index (χ0n) is 13.3. The van der Waals surface area contributed by atoms with Crippen LogP contribution in [0, 0.1) is 0 Å². The molecule has 0 N–H and O–H groups in total. The van der Waals surface area contributed by atoms with Gasteiger partial charge in [0, 0.05) is 31.3 Å². The number of ketones is 1. The van der Waals surface area contributed by atoms with E-state index >= 15 is 0 Å². The molecule has 0 saturated carbocycles. The molecule has 1 aromatic carbocycles. The van der Waals surface area contributed by atoms with Crippen LogP contribution in [0.15, 0.2) is 29.1 Å².